The number of allylic oxidation sites excluding steroid dienone is 1. The van der Waals surface area contributed by atoms with Crippen molar-refractivity contribution in [3.63, 3.8) is 0 Å². The van der Waals surface area contributed by atoms with Gasteiger partial charge >= 0.3 is 5.97 Å². The molecule has 3 aromatic carbocycles. The minimum atomic E-state index is -0.827. The molecule has 0 bridgehead atoms. The zero-order valence-electron chi connectivity index (χ0n) is 25.3. The van der Waals surface area contributed by atoms with Crippen LogP contribution in [0, 0.1) is 10.1 Å². The molecule has 0 unspecified atom stereocenters. The number of nitrogens with zero attached hydrogens (tertiary/aromatic N) is 3. The molecule has 0 amide bonds. The third-order valence-corrected chi connectivity index (χ3v) is 8.77. The van der Waals surface area contributed by atoms with Gasteiger partial charge in [-0.1, -0.05) is 53.3 Å². The van der Waals surface area contributed by atoms with E-state index < -0.39 is 16.9 Å². The van der Waals surface area contributed by atoms with Gasteiger partial charge in [-0.3, -0.25) is 19.5 Å². The van der Waals surface area contributed by atoms with Gasteiger partial charge in [0.15, 0.2) is 10.6 Å². The lowest BCUT2D eigenvalue weighted by atomic mass is 9.95. The Bertz CT molecular complexity index is 2030. The average molecular weight is 727 g/mol. The number of benzene rings is 3. The maximum Gasteiger partial charge on any atom is 0.338 e. The van der Waals surface area contributed by atoms with Gasteiger partial charge in [0.2, 0.25) is 0 Å². The highest BCUT2D eigenvalue weighted by Gasteiger charge is 2.35. The van der Waals surface area contributed by atoms with Crippen LogP contribution < -0.4 is 24.4 Å². The molecule has 2 heterocycles. The van der Waals surface area contributed by atoms with Crippen molar-refractivity contribution in [2.45, 2.75) is 46.4 Å². The van der Waals surface area contributed by atoms with Crippen LogP contribution in [-0.4, -0.2) is 28.2 Å². The van der Waals surface area contributed by atoms with Crippen molar-refractivity contribution in [3.8, 4) is 11.5 Å². The molecule has 0 aliphatic carbocycles. The summed E-state index contributed by atoms with van der Waals surface area (Å²) >= 11 is 11.3. The third-order valence-electron chi connectivity index (χ3n) is 6.92. The van der Waals surface area contributed by atoms with E-state index >= 15 is 0 Å². The number of nitro groups is 1. The van der Waals surface area contributed by atoms with E-state index in [0.717, 1.165) is 0 Å². The van der Waals surface area contributed by atoms with Gasteiger partial charge in [-0.15, -0.1) is 0 Å². The first-order valence-electron chi connectivity index (χ1n) is 14.3. The highest BCUT2D eigenvalue weighted by molar-refractivity contribution is 9.10. The number of carbonyl (C=O) groups is 1. The first kappa shape index (κ1) is 33.1. The molecule has 13 heteroatoms. The van der Waals surface area contributed by atoms with Gasteiger partial charge in [0.05, 0.1) is 42.9 Å². The van der Waals surface area contributed by atoms with Crippen LogP contribution in [0.1, 0.15) is 50.4 Å². The van der Waals surface area contributed by atoms with E-state index in [1.807, 2.05) is 38.1 Å². The van der Waals surface area contributed by atoms with Crippen LogP contribution >= 0.6 is 38.9 Å². The molecule has 0 saturated heterocycles. The molecule has 1 atom stereocenters. The number of non-ortho nitro benzene ring substituents is 1. The molecular formula is C33H29BrClN3O7S. The number of fused-ring (bicyclic) bond motifs is 1. The average Bonchev–Trinajstić information content (AvgIpc) is 3.30. The number of ether oxygens (including phenoxy) is 3. The number of hydrogen-bond donors (Lipinski definition) is 0. The highest BCUT2D eigenvalue weighted by Crippen LogP contribution is 2.37. The minimum absolute atomic E-state index is 0.0363. The van der Waals surface area contributed by atoms with Crippen molar-refractivity contribution in [3.05, 3.63) is 128 Å². The van der Waals surface area contributed by atoms with Crippen LogP contribution in [0.25, 0.3) is 6.08 Å². The molecule has 1 aromatic heterocycles. The summed E-state index contributed by atoms with van der Waals surface area (Å²) in [5.41, 5.74) is 2.19. The predicted molar refractivity (Wildman–Crippen MR) is 179 cm³/mol. The first-order valence-corrected chi connectivity index (χ1v) is 16.3. The zero-order chi connectivity index (χ0) is 33.1. The van der Waals surface area contributed by atoms with Crippen LogP contribution in [0.2, 0.25) is 5.02 Å². The Hall–Kier alpha value is -4.26. The molecule has 0 spiro atoms. The Morgan fingerprint density at radius 1 is 1.20 bits per heavy atom. The Kier molecular flexibility index (Phi) is 10.1. The van der Waals surface area contributed by atoms with Crippen LogP contribution in [0.15, 0.2) is 86.2 Å². The van der Waals surface area contributed by atoms with Gasteiger partial charge in [-0.2, -0.15) is 0 Å². The molecule has 0 N–H and O–H groups in total. The monoisotopic (exact) mass is 725 g/mol. The van der Waals surface area contributed by atoms with Crippen LogP contribution in [-0.2, 0) is 16.1 Å². The summed E-state index contributed by atoms with van der Waals surface area (Å²) in [6, 6.07) is 16.1. The maximum absolute atomic E-state index is 14.1. The number of nitro benzene ring substituents is 1. The van der Waals surface area contributed by atoms with E-state index in [9.17, 15) is 19.7 Å². The standard InChI is InChI=1S/C33H29BrClN3O7S/c1-5-43-32(40)28-19(4)36-33-37(29(28)23-11-6-7-12-26(23)45-18(2)3)31(39)27(46-33)16-21-14-24(34)30(25(35)15-21)44-17-20-9-8-10-22(13-20)38(41)42/h6-16,18,29H,5,17H2,1-4H3/b27-16+/t29-/m1/s1. The Morgan fingerprint density at radius 3 is 2.65 bits per heavy atom. The summed E-state index contributed by atoms with van der Waals surface area (Å²) in [7, 11) is 0. The van der Waals surface area contributed by atoms with Crippen molar-refractivity contribution in [1.29, 1.82) is 0 Å². The van der Waals surface area contributed by atoms with E-state index in [4.69, 9.17) is 25.8 Å². The van der Waals surface area contributed by atoms with Crippen molar-refractivity contribution >= 4 is 56.6 Å². The van der Waals surface area contributed by atoms with Crippen molar-refractivity contribution in [2.75, 3.05) is 6.61 Å². The summed E-state index contributed by atoms with van der Waals surface area (Å²) in [5.74, 6) is 0.340. The van der Waals surface area contributed by atoms with Crippen LogP contribution in [0.5, 0.6) is 11.5 Å². The number of hydrogen-bond acceptors (Lipinski definition) is 9. The SMILES string of the molecule is CCOC(=O)C1=C(C)N=c2s/c(=C/c3cc(Cl)c(OCc4cccc([N+](=O)[O-])c4)c(Br)c3)c(=O)n2[C@@H]1c1ccccc1OC(C)C. The van der Waals surface area contributed by atoms with Gasteiger partial charge in [0.25, 0.3) is 11.2 Å². The molecule has 0 radical (unpaired) electrons. The maximum atomic E-state index is 14.1. The zero-order valence-corrected chi connectivity index (χ0v) is 28.4. The number of rotatable bonds is 10. The molecule has 1 aliphatic rings. The number of thiazole rings is 1. The molecule has 1 aliphatic heterocycles. The fourth-order valence-corrected chi connectivity index (χ4v) is 7.06. The lowest BCUT2D eigenvalue weighted by Gasteiger charge is -2.26. The summed E-state index contributed by atoms with van der Waals surface area (Å²) in [6.45, 7) is 7.48. The third kappa shape index (κ3) is 6.93. The predicted octanol–water partition coefficient (Wildman–Crippen LogP) is 6.49. The van der Waals surface area contributed by atoms with E-state index in [0.29, 0.717) is 47.7 Å². The topological polar surface area (TPSA) is 122 Å². The molecular weight excluding hydrogens is 698 g/mol. The number of carbonyl (C=O) groups excluding carboxylic acids is 1. The lowest BCUT2D eigenvalue weighted by molar-refractivity contribution is -0.384. The molecule has 0 saturated carbocycles. The molecule has 5 rings (SSSR count). The fraction of sp³-hybridized carbons (Fsp3) is 0.242. The number of para-hydroxylation sites is 1. The summed E-state index contributed by atoms with van der Waals surface area (Å²) in [5, 5.41) is 11.4. The smallest absolute Gasteiger partial charge is 0.338 e. The molecule has 4 aromatic rings. The second-order valence-corrected chi connectivity index (χ2v) is 12.8. The van der Waals surface area contributed by atoms with E-state index in [1.54, 1.807) is 44.2 Å². The van der Waals surface area contributed by atoms with Crippen LogP contribution in [0.4, 0.5) is 5.69 Å². The lowest BCUT2D eigenvalue weighted by Crippen LogP contribution is -2.40. The summed E-state index contributed by atoms with van der Waals surface area (Å²) in [4.78, 5) is 43.1. The molecule has 10 nitrogen and oxygen atoms in total. The largest absolute Gasteiger partial charge is 0.491 e. The second kappa shape index (κ2) is 14.0. The minimum Gasteiger partial charge on any atom is -0.491 e. The van der Waals surface area contributed by atoms with Gasteiger partial charge in [0.1, 0.15) is 18.4 Å². The Balaban J connectivity index is 1.56. The van der Waals surface area contributed by atoms with Crippen molar-refractivity contribution in [1.82, 2.24) is 4.57 Å². The normalized spacial score (nSPS) is 14.6. The van der Waals surface area contributed by atoms with Crippen LogP contribution in [0.3, 0.4) is 0 Å². The molecule has 0 fully saturated rings. The van der Waals surface area contributed by atoms with E-state index in [1.165, 1.54) is 28.0 Å². The quantitative estimate of drug-likeness (QED) is 0.104. The van der Waals surface area contributed by atoms with Crippen molar-refractivity contribution in [2.24, 2.45) is 4.99 Å². The summed E-state index contributed by atoms with van der Waals surface area (Å²) < 4.78 is 19.8. The fourth-order valence-electron chi connectivity index (χ4n) is 5.02. The number of esters is 1. The van der Waals surface area contributed by atoms with E-state index in [2.05, 4.69) is 20.9 Å². The van der Waals surface area contributed by atoms with Crippen molar-refractivity contribution < 1.29 is 23.9 Å². The molecule has 238 valence electrons. The number of halogens is 2. The Labute approximate surface area is 281 Å². The van der Waals surface area contributed by atoms with E-state index in [-0.39, 0.29) is 41.2 Å². The van der Waals surface area contributed by atoms with Gasteiger partial charge in [-0.05, 0) is 79.0 Å². The molecule has 46 heavy (non-hydrogen) atoms. The van der Waals surface area contributed by atoms with Gasteiger partial charge < -0.3 is 14.2 Å². The highest BCUT2D eigenvalue weighted by atomic mass is 79.9. The second-order valence-electron chi connectivity index (χ2n) is 10.5. The first-order chi connectivity index (χ1) is 22.0. The van der Waals surface area contributed by atoms with Gasteiger partial charge in [-0.25, -0.2) is 9.79 Å². The summed E-state index contributed by atoms with van der Waals surface area (Å²) in [6.07, 6.45) is 1.55. The number of aromatic nitrogens is 1. The van der Waals surface area contributed by atoms with Gasteiger partial charge in [0, 0.05) is 17.7 Å². The Morgan fingerprint density at radius 2 is 1.96 bits per heavy atom.